The molecular weight excluding hydrogens is 330 g/mol. The van der Waals surface area contributed by atoms with E-state index >= 15 is 0 Å². The van der Waals surface area contributed by atoms with Crippen LogP contribution in [0.15, 0.2) is 42.5 Å². The van der Waals surface area contributed by atoms with E-state index in [1.54, 1.807) is 4.90 Å². The molecule has 0 heterocycles. The minimum Gasteiger partial charge on any atom is -0.339 e. The molecule has 1 amide bonds. The number of anilines is 2. The molecule has 4 nitrogen and oxygen atoms in total. The summed E-state index contributed by atoms with van der Waals surface area (Å²) in [5, 5.41) is 6.86. The molecule has 0 saturated carbocycles. The molecule has 0 aromatic heterocycles. The minimum absolute atomic E-state index is 0.0486. The van der Waals surface area contributed by atoms with Crippen LogP contribution in [0, 0.1) is 13.8 Å². The van der Waals surface area contributed by atoms with Gasteiger partial charge in [0, 0.05) is 30.0 Å². The zero-order valence-corrected chi connectivity index (χ0v) is 16.0. The van der Waals surface area contributed by atoms with Crippen molar-refractivity contribution in [2.45, 2.75) is 27.7 Å². The summed E-state index contributed by atoms with van der Waals surface area (Å²) >= 11 is 5.37. The van der Waals surface area contributed by atoms with Crippen LogP contribution in [0.4, 0.5) is 11.4 Å². The van der Waals surface area contributed by atoms with Crippen LogP contribution in [-0.4, -0.2) is 29.0 Å². The molecule has 5 heteroatoms. The van der Waals surface area contributed by atoms with E-state index in [1.165, 1.54) is 11.1 Å². The number of thiocarbonyl (C=S) groups is 1. The Labute approximate surface area is 155 Å². The monoisotopic (exact) mass is 355 g/mol. The number of carbonyl (C=O) groups is 1. The van der Waals surface area contributed by atoms with Crippen LogP contribution in [-0.2, 0) is 0 Å². The molecule has 2 aromatic rings. The SMILES string of the molecule is CCN(CC)C(=O)c1ccc(NC(=S)Nc2cc(C)cc(C)c2)cc1. The Bertz CT molecular complexity index is 732. The predicted octanol–water partition coefficient (Wildman–Crippen LogP) is 4.59. The van der Waals surface area contributed by atoms with Gasteiger partial charge in [0.1, 0.15) is 0 Å². The zero-order valence-electron chi connectivity index (χ0n) is 15.2. The van der Waals surface area contributed by atoms with Gasteiger partial charge in [-0.05, 0) is 87.4 Å². The van der Waals surface area contributed by atoms with Crippen molar-refractivity contribution in [2.75, 3.05) is 23.7 Å². The van der Waals surface area contributed by atoms with Gasteiger partial charge in [0.15, 0.2) is 5.11 Å². The van der Waals surface area contributed by atoms with Crippen LogP contribution in [0.2, 0.25) is 0 Å². The van der Waals surface area contributed by atoms with Crippen LogP contribution in [0.3, 0.4) is 0 Å². The summed E-state index contributed by atoms with van der Waals surface area (Å²) in [7, 11) is 0. The molecular formula is C20H25N3OS. The summed E-state index contributed by atoms with van der Waals surface area (Å²) in [5.41, 5.74) is 4.86. The lowest BCUT2D eigenvalue weighted by Crippen LogP contribution is -2.30. The molecule has 2 rings (SSSR count). The van der Waals surface area contributed by atoms with Crippen molar-refractivity contribution >= 4 is 34.6 Å². The van der Waals surface area contributed by atoms with Gasteiger partial charge in [-0.3, -0.25) is 4.79 Å². The zero-order chi connectivity index (χ0) is 18.4. The molecule has 25 heavy (non-hydrogen) atoms. The number of benzene rings is 2. The van der Waals surface area contributed by atoms with Gasteiger partial charge in [0.2, 0.25) is 0 Å². The Morgan fingerprint density at radius 3 is 1.96 bits per heavy atom. The van der Waals surface area contributed by atoms with Crippen LogP contribution in [0.1, 0.15) is 35.3 Å². The second-order valence-electron chi connectivity index (χ2n) is 6.01. The Balaban J connectivity index is 2.00. The number of nitrogens with one attached hydrogen (secondary N) is 2. The number of aryl methyl sites for hydroxylation is 2. The fraction of sp³-hybridized carbons (Fsp3) is 0.300. The Hall–Kier alpha value is -2.40. The number of rotatable bonds is 5. The normalized spacial score (nSPS) is 10.2. The highest BCUT2D eigenvalue weighted by Crippen LogP contribution is 2.15. The second kappa shape index (κ2) is 8.62. The molecule has 0 saturated heterocycles. The van der Waals surface area contributed by atoms with Gasteiger partial charge in [-0.25, -0.2) is 0 Å². The first-order valence-corrected chi connectivity index (χ1v) is 8.89. The summed E-state index contributed by atoms with van der Waals surface area (Å²) in [6.45, 7) is 9.49. The number of hydrogen-bond donors (Lipinski definition) is 2. The second-order valence-corrected chi connectivity index (χ2v) is 6.42. The van der Waals surface area contributed by atoms with Crippen molar-refractivity contribution in [1.82, 2.24) is 4.90 Å². The molecule has 0 fully saturated rings. The van der Waals surface area contributed by atoms with E-state index in [0.717, 1.165) is 11.4 Å². The summed E-state index contributed by atoms with van der Waals surface area (Å²) in [4.78, 5) is 14.1. The first-order chi connectivity index (χ1) is 11.9. The van der Waals surface area contributed by atoms with E-state index in [0.29, 0.717) is 23.8 Å². The summed E-state index contributed by atoms with van der Waals surface area (Å²) in [6.07, 6.45) is 0. The van der Waals surface area contributed by atoms with Crippen LogP contribution < -0.4 is 10.6 Å². The van der Waals surface area contributed by atoms with E-state index in [-0.39, 0.29) is 5.91 Å². The third-order valence-electron chi connectivity index (χ3n) is 3.92. The molecule has 0 aliphatic rings. The maximum Gasteiger partial charge on any atom is 0.253 e. The third-order valence-corrected chi connectivity index (χ3v) is 4.12. The minimum atomic E-state index is 0.0486. The number of hydrogen-bond acceptors (Lipinski definition) is 2. The lowest BCUT2D eigenvalue weighted by molar-refractivity contribution is 0.0773. The molecule has 0 unspecified atom stereocenters. The van der Waals surface area contributed by atoms with Crippen molar-refractivity contribution in [2.24, 2.45) is 0 Å². The summed E-state index contributed by atoms with van der Waals surface area (Å²) < 4.78 is 0. The lowest BCUT2D eigenvalue weighted by atomic mass is 10.1. The molecule has 2 aromatic carbocycles. The fourth-order valence-electron chi connectivity index (χ4n) is 2.73. The highest BCUT2D eigenvalue weighted by Gasteiger charge is 2.12. The molecule has 2 N–H and O–H groups in total. The lowest BCUT2D eigenvalue weighted by Gasteiger charge is -2.18. The smallest absolute Gasteiger partial charge is 0.253 e. The van der Waals surface area contributed by atoms with Crippen molar-refractivity contribution in [1.29, 1.82) is 0 Å². The van der Waals surface area contributed by atoms with Crippen LogP contribution in [0.25, 0.3) is 0 Å². The molecule has 132 valence electrons. The molecule has 0 spiro atoms. The summed E-state index contributed by atoms with van der Waals surface area (Å²) in [6, 6.07) is 13.6. The average molecular weight is 356 g/mol. The van der Waals surface area contributed by atoms with E-state index in [4.69, 9.17) is 12.2 Å². The fourth-order valence-corrected chi connectivity index (χ4v) is 2.97. The van der Waals surface area contributed by atoms with E-state index in [9.17, 15) is 4.79 Å². The summed E-state index contributed by atoms with van der Waals surface area (Å²) in [5.74, 6) is 0.0486. The molecule has 0 radical (unpaired) electrons. The van der Waals surface area contributed by atoms with Gasteiger partial charge in [-0.15, -0.1) is 0 Å². The topological polar surface area (TPSA) is 44.4 Å². The highest BCUT2D eigenvalue weighted by molar-refractivity contribution is 7.80. The Morgan fingerprint density at radius 2 is 1.44 bits per heavy atom. The van der Waals surface area contributed by atoms with Crippen molar-refractivity contribution in [3.63, 3.8) is 0 Å². The van der Waals surface area contributed by atoms with Crippen molar-refractivity contribution in [3.8, 4) is 0 Å². The number of amides is 1. The van der Waals surface area contributed by atoms with E-state index in [2.05, 4.69) is 30.5 Å². The van der Waals surface area contributed by atoms with Crippen LogP contribution >= 0.6 is 12.2 Å². The van der Waals surface area contributed by atoms with E-state index in [1.807, 2.05) is 50.2 Å². The standard InChI is InChI=1S/C20H25N3OS/c1-5-23(6-2)19(24)16-7-9-17(10-8-16)21-20(25)22-18-12-14(3)11-15(4)13-18/h7-13H,5-6H2,1-4H3,(H2,21,22,25). The first-order valence-electron chi connectivity index (χ1n) is 8.48. The van der Waals surface area contributed by atoms with Gasteiger partial charge in [-0.1, -0.05) is 6.07 Å². The van der Waals surface area contributed by atoms with Gasteiger partial charge >= 0.3 is 0 Å². The maximum absolute atomic E-state index is 12.3. The van der Waals surface area contributed by atoms with E-state index < -0.39 is 0 Å². The third kappa shape index (κ3) is 5.29. The molecule has 0 aliphatic carbocycles. The molecule has 0 bridgehead atoms. The Morgan fingerprint density at radius 1 is 0.920 bits per heavy atom. The van der Waals surface area contributed by atoms with Gasteiger partial charge < -0.3 is 15.5 Å². The number of carbonyl (C=O) groups excluding carboxylic acids is 1. The first kappa shape index (κ1) is 18.9. The molecule has 0 atom stereocenters. The average Bonchev–Trinajstić information content (AvgIpc) is 2.55. The predicted molar refractivity (Wildman–Crippen MR) is 109 cm³/mol. The largest absolute Gasteiger partial charge is 0.339 e. The van der Waals surface area contributed by atoms with Crippen molar-refractivity contribution < 1.29 is 4.79 Å². The Kier molecular flexibility index (Phi) is 6.53. The van der Waals surface area contributed by atoms with Crippen LogP contribution in [0.5, 0.6) is 0 Å². The van der Waals surface area contributed by atoms with Gasteiger partial charge in [0.25, 0.3) is 5.91 Å². The maximum atomic E-state index is 12.3. The molecule has 0 aliphatic heterocycles. The van der Waals surface area contributed by atoms with Gasteiger partial charge in [0.05, 0.1) is 0 Å². The number of nitrogens with zero attached hydrogens (tertiary/aromatic N) is 1. The van der Waals surface area contributed by atoms with Crippen molar-refractivity contribution in [3.05, 3.63) is 59.2 Å². The highest BCUT2D eigenvalue weighted by atomic mass is 32.1. The van der Waals surface area contributed by atoms with Gasteiger partial charge in [-0.2, -0.15) is 0 Å². The quantitative estimate of drug-likeness (QED) is 0.770.